The Kier molecular flexibility index (Phi) is 13.4. The zero-order valence-electron chi connectivity index (χ0n) is 22.4. The first-order chi connectivity index (χ1) is 17.8. The van der Waals surface area contributed by atoms with Crippen LogP contribution in [0.3, 0.4) is 0 Å². The molecule has 0 bridgehead atoms. The molecule has 0 N–H and O–H groups in total. The van der Waals surface area contributed by atoms with E-state index in [0.717, 1.165) is 57.3 Å². The molecule has 2 aliphatic rings. The number of nitrogens with zero attached hydrogens (tertiary/aromatic N) is 1. The lowest BCUT2D eigenvalue weighted by molar-refractivity contribution is -0.161. The van der Waals surface area contributed by atoms with Gasteiger partial charge in [-0.15, -0.1) is 0 Å². The predicted octanol–water partition coefficient (Wildman–Crippen LogP) is 3.89. The molecule has 37 heavy (non-hydrogen) atoms. The lowest BCUT2D eigenvalue weighted by atomic mass is 9.94. The van der Waals surface area contributed by atoms with Crippen LogP contribution in [0.5, 0.6) is 0 Å². The molecule has 0 aliphatic heterocycles. The molecule has 0 aromatic rings. The van der Waals surface area contributed by atoms with Crippen LogP contribution in [0.4, 0.5) is 0 Å². The zero-order chi connectivity index (χ0) is 27.2. The number of carbonyl (C=O) groups excluding carboxylic acids is 4. The molecule has 0 spiro atoms. The molecular weight excluding hydrogens is 478 g/mol. The van der Waals surface area contributed by atoms with Gasteiger partial charge in [0.15, 0.2) is 0 Å². The lowest BCUT2D eigenvalue weighted by Gasteiger charge is -2.31. The molecule has 0 radical (unpaired) electrons. The van der Waals surface area contributed by atoms with E-state index < -0.39 is 17.9 Å². The molecule has 208 valence electrons. The van der Waals surface area contributed by atoms with Crippen LogP contribution in [0.25, 0.3) is 0 Å². The van der Waals surface area contributed by atoms with Gasteiger partial charge in [0.2, 0.25) is 0 Å². The number of ether oxygens (including phenoxy) is 4. The van der Waals surface area contributed by atoms with Crippen LogP contribution in [-0.4, -0.2) is 72.8 Å². The van der Waals surface area contributed by atoms with Crippen LogP contribution in [0.15, 0.2) is 25.3 Å². The molecule has 0 saturated heterocycles. The molecule has 0 heterocycles. The van der Waals surface area contributed by atoms with Crippen molar-refractivity contribution in [1.29, 1.82) is 0 Å². The van der Waals surface area contributed by atoms with Crippen molar-refractivity contribution in [3.63, 3.8) is 0 Å². The molecule has 0 aromatic carbocycles. The normalized spacial score (nSPS) is 24.4. The van der Waals surface area contributed by atoms with Crippen molar-refractivity contribution < 1.29 is 38.1 Å². The monoisotopic (exact) mass is 521 g/mol. The van der Waals surface area contributed by atoms with Crippen LogP contribution in [0.2, 0.25) is 0 Å². The summed E-state index contributed by atoms with van der Waals surface area (Å²) in [5, 5.41) is 0. The van der Waals surface area contributed by atoms with Gasteiger partial charge in [0.05, 0.1) is 5.92 Å². The third-order valence-electron chi connectivity index (χ3n) is 7.04. The molecule has 9 nitrogen and oxygen atoms in total. The van der Waals surface area contributed by atoms with Crippen molar-refractivity contribution in [3.8, 4) is 0 Å². The Bertz CT molecular complexity index is 793. The highest BCUT2D eigenvalue weighted by atomic mass is 16.6. The molecule has 5 atom stereocenters. The van der Waals surface area contributed by atoms with Crippen LogP contribution in [0, 0.1) is 5.92 Å². The van der Waals surface area contributed by atoms with Gasteiger partial charge in [-0.2, -0.15) is 0 Å². The Labute approximate surface area is 220 Å². The van der Waals surface area contributed by atoms with Gasteiger partial charge in [0, 0.05) is 38.0 Å². The van der Waals surface area contributed by atoms with Crippen molar-refractivity contribution >= 4 is 23.9 Å². The molecule has 0 aromatic heterocycles. The fourth-order valence-electron chi connectivity index (χ4n) is 4.93. The summed E-state index contributed by atoms with van der Waals surface area (Å²) < 4.78 is 22.2. The minimum absolute atomic E-state index is 0.0961. The third kappa shape index (κ3) is 11.1. The molecular formula is C28H43NO8. The minimum atomic E-state index is -0.476. The summed E-state index contributed by atoms with van der Waals surface area (Å²) in [4.78, 5) is 51.0. The highest BCUT2D eigenvalue weighted by Gasteiger charge is 2.32. The Hall–Kier alpha value is -2.68. The van der Waals surface area contributed by atoms with Gasteiger partial charge in [-0.05, 0) is 58.0 Å². The van der Waals surface area contributed by atoms with E-state index in [1.54, 1.807) is 0 Å². The van der Waals surface area contributed by atoms with E-state index >= 15 is 0 Å². The summed E-state index contributed by atoms with van der Waals surface area (Å²) in [6.45, 7) is 12.9. The van der Waals surface area contributed by atoms with Crippen LogP contribution in [0.1, 0.15) is 78.1 Å². The summed E-state index contributed by atoms with van der Waals surface area (Å²) in [6, 6.07) is 0. The van der Waals surface area contributed by atoms with E-state index in [2.05, 4.69) is 18.1 Å². The van der Waals surface area contributed by atoms with Crippen LogP contribution >= 0.6 is 0 Å². The van der Waals surface area contributed by atoms with E-state index in [0.29, 0.717) is 32.2 Å². The summed E-state index contributed by atoms with van der Waals surface area (Å²) in [5.41, 5.74) is 0. The Morgan fingerprint density at radius 2 is 1.24 bits per heavy atom. The van der Waals surface area contributed by atoms with Crippen LogP contribution < -0.4 is 0 Å². The predicted molar refractivity (Wildman–Crippen MR) is 137 cm³/mol. The second-order valence-electron chi connectivity index (χ2n) is 9.75. The average Bonchev–Trinajstić information content (AvgIpc) is 2.89. The smallest absolute Gasteiger partial charge is 0.330 e. The second-order valence-corrected chi connectivity index (χ2v) is 9.75. The molecule has 0 amide bonds. The van der Waals surface area contributed by atoms with Gasteiger partial charge in [0.1, 0.15) is 24.4 Å². The molecule has 9 heteroatoms. The quantitative estimate of drug-likeness (QED) is 0.191. The summed E-state index contributed by atoms with van der Waals surface area (Å²) in [5.74, 6) is -2.13. The fraction of sp³-hybridized carbons (Fsp3) is 0.714. The summed E-state index contributed by atoms with van der Waals surface area (Å²) >= 11 is 0. The van der Waals surface area contributed by atoms with Gasteiger partial charge in [-0.3, -0.25) is 9.59 Å². The number of esters is 4. The second kappa shape index (κ2) is 16.2. The number of carbonyl (C=O) groups is 4. The van der Waals surface area contributed by atoms with Crippen molar-refractivity contribution in [1.82, 2.24) is 4.90 Å². The lowest BCUT2D eigenvalue weighted by Crippen LogP contribution is -2.38. The first-order valence-electron chi connectivity index (χ1n) is 13.6. The van der Waals surface area contributed by atoms with Crippen molar-refractivity contribution in [2.75, 3.05) is 19.6 Å². The molecule has 5 unspecified atom stereocenters. The maximum absolute atomic E-state index is 13.2. The highest BCUT2D eigenvalue weighted by Crippen LogP contribution is 2.27. The standard InChI is InChI=1S/C28H43NO8/c1-5-25(30)34-21-11-9-13-23(17-21)36-27(32)16-15-20(19-29(7-3)8-4)28(33)37-24-14-10-12-22(18-24)35-26(31)6-2/h5-6,20-24H,1-2,7-19H2,3-4H3. The van der Waals surface area contributed by atoms with Gasteiger partial charge >= 0.3 is 23.9 Å². The molecule has 2 saturated carbocycles. The van der Waals surface area contributed by atoms with E-state index in [9.17, 15) is 19.2 Å². The Morgan fingerprint density at radius 3 is 1.70 bits per heavy atom. The van der Waals surface area contributed by atoms with E-state index in [4.69, 9.17) is 18.9 Å². The summed E-state index contributed by atoms with van der Waals surface area (Å²) in [6.07, 6.45) is 6.90. The van der Waals surface area contributed by atoms with E-state index in [1.165, 1.54) is 0 Å². The Morgan fingerprint density at radius 1 is 0.784 bits per heavy atom. The van der Waals surface area contributed by atoms with Crippen molar-refractivity contribution in [2.24, 2.45) is 5.92 Å². The fourth-order valence-corrected chi connectivity index (χ4v) is 4.93. The number of rotatable bonds is 14. The van der Waals surface area contributed by atoms with Crippen molar-refractivity contribution in [2.45, 2.75) is 102 Å². The Balaban J connectivity index is 1.90. The largest absolute Gasteiger partial charge is 0.462 e. The van der Waals surface area contributed by atoms with Gasteiger partial charge in [0.25, 0.3) is 0 Å². The van der Waals surface area contributed by atoms with Gasteiger partial charge in [-0.25, -0.2) is 9.59 Å². The third-order valence-corrected chi connectivity index (χ3v) is 7.04. The highest BCUT2D eigenvalue weighted by molar-refractivity contribution is 5.81. The minimum Gasteiger partial charge on any atom is -0.462 e. The average molecular weight is 522 g/mol. The van der Waals surface area contributed by atoms with Gasteiger partial charge in [-0.1, -0.05) is 27.0 Å². The van der Waals surface area contributed by atoms with Crippen LogP contribution in [-0.2, 0) is 38.1 Å². The molecule has 2 aliphatic carbocycles. The topological polar surface area (TPSA) is 108 Å². The SMILES string of the molecule is C=CC(=O)OC1CCCC(OC(=O)CCC(CN(CC)CC)C(=O)OC2CCCC(OC(=O)C=C)C2)C1. The zero-order valence-corrected chi connectivity index (χ0v) is 22.4. The number of hydrogen-bond donors (Lipinski definition) is 0. The van der Waals surface area contributed by atoms with E-state index in [1.807, 2.05) is 13.8 Å². The molecule has 2 fully saturated rings. The summed E-state index contributed by atoms with van der Waals surface area (Å²) in [7, 11) is 0. The number of hydrogen-bond acceptors (Lipinski definition) is 9. The first-order valence-corrected chi connectivity index (χ1v) is 13.6. The maximum Gasteiger partial charge on any atom is 0.330 e. The van der Waals surface area contributed by atoms with Gasteiger partial charge < -0.3 is 23.8 Å². The maximum atomic E-state index is 13.2. The van der Waals surface area contributed by atoms with Crippen molar-refractivity contribution in [3.05, 3.63) is 25.3 Å². The molecule has 2 rings (SSSR count). The first kappa shape index (κ1) is 30.5. The van der Waals surface area contributed by atoms with E-state index in [-0.39, 0.29) is 42.8 Å².